The van der Waals surface area contributed by atoms with Crippen molar-refractivity contribution in [3.8, 4) is 5.75 Å². The Morgan fingerprint density at radius 3 is 2.58 bits per heavy atom. The largest absolute Gasteiger partial charge is 0.497 e. The van der Waals surface area contributed by atoms with E-state index in [1.54, 1.807) is 32.2 Å². The standard InChI is InChI=1S/C14H22N2O3/c1-9(2)8-19-10(3)14(17)16-13-6-5-11(18-4)7-12(13)15/h5-7,9-10H,8,15H2,1-4H3,(H,16,17). The molecule has 1 amide bonds. The van der Waals surface area contributed by atoms with Crippen LogP contribution in [0.3, 0.4) is 0 Å². The summed E-state index contributed by atoms with van der Waals surface area (Å²) in [6.45, 7) is 6.34. The highest BCUT2D eigenvalue weighted by Gasteiger charge is 2.15. The molecule has 0 radical (unpaired) electrons. The maximum absolute atomic E-state index is 11.9. The minimum absolute atomic E-state index is 0.211. The predicted octanol–water partition coefficient (Wildman–Crippen LogP) is 2.28. The molecule has 1 aromatic rings. The molecule has 0 aromatic heterocycles. The van der Waals surface area contributed by atoms with Gasteiger partial charge in [0.1, 0.15) is 11.9 Å². The number of nitrogen functional groups attached to an aromatic ring is 1. The number of benzene rings is 1. The summed E-state index contributed by atoms with van der Waals surface area (Å²) in [5.74, 6) is 0.832. The van der Waals surface area contributed by atoms with E-state index >= 15 is 0 Å². The maximum Gasteiger partial charge on any atom is 0.253 e. The van der Waals surface area contributed by atoms with Crippen LogP contribution in [-0.4, -0.2) is 25.7 Å². The van der Waals surface area contributed by atoms with Crippen LogP contribution in [0.15, 0.2) is 18.2 Å². The molecule has 1 rings (SSSR count). The van der Waals surface area contributed by atoms with Crippen molar-refractivity contribution >= 4 is 17.3 Å². The number of carbonyl (C=O) groups excluding carboxylic acids is 1. The summed E-state index contributed by atoms with van der Waals surface area (Å²) >= 11 is 0. The quantitative estimate of drug-likeness (QED) is 0.775. The fourth-order valence-corrected chi connectivity index (χ4v) is 1.43. The minimum atomic E-state index is -0.510. The molecule has 3 N–H and O–H groups in total. The van der Waals surface area contributed by atoms with Crippen LogP contribution in [0.4, 0.5) is 11.4 Å². The molecule has 0 aliphatic rings. The fourth-order valence-electron chi connectivity index (χ4n) is 1.43. The Labute approximate surface area is 114 Å². The molecule has 0 saturated carbocycles. The molecular weight excluding hydrogens is 244 g/mol. The van der Waals surface area contributed by atoms with E-state index in [0.29, 0.717) is 29.6 Å². The number of hydrogen-bond acceptors (Lipinski definition) is 4. The molecule has 0 bridgehead atoms. The van der Waals surface area contributed by atoms with Crippen molar-refractivity contribution in [1.29, 1.82) is 0 Å². The lowest BCUT2D eigenvalue weighted by molar-refractivity contribution is -0.126. The van der Waals surface area contributed by atoms with Crippen molar-refractivity contribution in [2.45, 2.75) is 26.9 Å². The summed E-state index contributed by atoms with van der Waals surface area (Å²) in [7, 11) is 1.56. The molecule has 1 unspecified atom stereocenters. The predicted molar refractivity (Wildman–Crippen MR) is 76.3 cm³/mol. The van der Waals surface area contributed by atoms with Crippen LogP contribution < -0.4 is 15.8 Å². The van der Waals surface area contributed by atoms with Gasteiger partial charge in [-0.15, -0.1) is 0 Å². The van der Waals surface area contributed by atoms with Gasteiger partial charge in [0, 0.05) is 12.7 Å². The molecule has 0 fully saturated rings. The second kappa shape index (κ2) is 6.99. The highest BCUT2D eigenvalue weighted by atomic mass is 16.5. The first-order chi connectivity index (χ1) is 8.93. The molecular formula is C14H22N2O3. The van der Waals surface area contributed by atoms with E-state index < -0.39 is 6.10 Å². The van der Waals surface area contributed by atoms with Gasteiger partial charge >= 0.3 is 0 Å². The average Bonchev–Trinajstić information content (AvgIpc) is 2.37. The summed E-state index contributed by atoms with van der Waals surface area (Å²) in [5.41, 5.74) is 6.85. The lowest BCUT2D eigenvalue weighted by Gasteiger charge is -2.16. The SMILES string of the molecule is COc1ccc(NC(=O)C(C)OCC(C)C)c(N)c1. The third kappa shape index (κ3) is 4.79. The second-order valence-corrected chi connectivity index (χ2v) is 4.81. The molecule has 0 spiro atoms. The van der Waals surface area contributed by atoms with E-state index in [2.05, 4.69) is 5.32 Å². The Morgan fingerprint density at radius 1 is 1.37 bits per heavy atom. The van der Waals surface area contributed by atoms with E-state index in [4.69, 9.17) is 15.2 Å². The first-order valence-electron chi connectivity index (χ1n) is 6.30. The third-order valence-corrected chi connectivity index (χ3v) is 2.57. The van der Waals surface area contributed by atoms with Gasteiger partial charge in [0.15, 0.2) is 0 Å². The third-order valence-electron chi connectivity index (χ3n) is 2.57. The van der Waals surface area contributed by atoms with E-state index in [9.17, 15) is 4.79 Å². The van der Waals surface area contributed by atoms with Gasteiger partial charge in [0.2, 0.25) is 0 Å². The highest BCUT2D eigenvalue weighted by Crippen LogP contribution is 2.24. The number of rotatable bonds is 6. The van der Waals surface area contributed by atoms with Crippen molar-refractivity contribution in [2.24, 2.45) is 5.92 Å². The van der Waals surface area contributed by atoms with E-state index in [1.165, 1.54) is 0 Å². The van der Waals surface area contributed by atoms with Crippen molar-refractivity contribution in [1.82, 2.24) is 0 Å². The molecule has 0 heterocycles. The van der Waals surface area contributed by atoms with Crippen molar-refractivity contribution < 1.29 is 14.3 Å². The van der Waals surface area contributed by atoms with Gasteiger partial charge in [0.05, 0.1) is 18.5 Å². The topological polar surface area (TPSA) is 73.6 Å². The van der Waals surface area contributed by atoms with Crippen LogP contribution in [0.25, 0.3) is 0 Å². The van der Waals surface area contributed by atoms with Gasteiger partial charge in [-0.2, -0.15) is 0 Å². The normalized spacial score (nSPS) is 12.3. The molecule has 19 heavy (non-hydrogen) atoms. The fraction of sp³-hybridized carbons (Fsp3) is 0.500. The van der Waals surface area contributed by atoms with Crippen molar-refractivity contribution in [3.63, 3.8) is 0 Å². The Hall–Kier alpha value is -1.75. The minimum Gasteiger partial charge on any atom is -0.497 e. The van der Waals surface area contributed by atoms with Crippen LogP contribution >= 0.6 is 0 Å². The molecule has 0 saturated heterocycles. The Balaban J connectivity index is 2.61. The zero-order valence-electron chi connectivity index (χ0n) is 11.9. The number of nitrogens with two attached hydrogens (primary N) is 1. The molecule has 1 aromatic carbocycles. The molecule has 0 aliphatic heterocycles. The number of ether oxygens (including phenoxy) is 2. The van der Waals surface area contributed by atoms with Gasteiger partial charge in [-0.25, -0.2) is 0 Å². The van der Waals surface area contributed by atoms with E-state index in [1.807, 2.05) is 13.8 Å². The first-order valence-corrected chi connectivity index (χ1v) is 6.30. The van der Waals surface area contributed by atoms with Gasteiger partial charge in [-0.3, -0.25) is 4.79 Å². The first kappa shape index (κ1) is 15.3. The zero-order chi connectivity index (χ0) is 14.4. The summed E-state index contributed by atoms with van der Waals surface area (Å²) in [6, 6.07) is 5.11. The zero-order valence-corrected chi connectivity index (χ0v) is 11.9. The van der Waals surface area contributed by atoms with Gasteiger partial charge in [-0.05, 0) is 25.0 Å². The smallest absolute Gasteiger partial charge is 0.253 e. The van der Waals surface area contributed by atoms with E-state index in [-0.39, 0.29) is 5.91 Å². The summed E-state index contributed by atoms with van der Waals surface area (Å²) in [5, 5.41) is 2.74. The van der Waals surface area contributed by atoms with Gasteiger partial charge in [0.25, 0.3) is 5.91 Å². The number of amides is 1. The van der Waals surface area contributed by atoms with Crippen LogP contribution in [0, 0.1) is 5.92 Å². The Morgan fingerprint density at radius 2 is 2.05 bits per heavy atom. The monoisotopic (exact) mass is 266 g/mol. The van der Waals surface area contributed by atoms with Crippen LogP contribution in [-0.2, 0) is 9.53 Å². The molecule has 106 valence electrons. The van der Waals surface area contributed by atoms with E-state index in [0.717, 1.165) is 0 Å². The number of anilines is 2. The molecule has 5 heteroatoms. The second-order valence-electron chi connectivity index (χ2n) is 4.81. The average molecular weight is 266 g/mol. The Kier molecular flexibility index (Phi) is 5.63. The molecule has 0 aliphatic carbocycles. The number of nitrogens with one attached hydrogen (secondary N) is 1. The highest BCUT2D eigenvalue weighted by molar-refractivity contribution is 5.96. The van der Waals surface area contributed by atoms with Crippen LogP contribution in [0.5, 0.6) is 5.75 Å². The van der Waals surface area contributed by atoms with Crippen molar-refractivity contribution in [2.75, 3.05) is 24.8 Å². The lowest BCUT2D eigenvalue weighted by Crippen LogP contribution is -2.29. The molecule has 1 atom stereocenters. The van der Waals surface area contributed by atoms with Crippen molar-refractivity contribution in [3.05, 3.63) is 18.2 Å². The molecule has 5 nitrogen and oxygen atoms in total. The number of hydrogen-bond donors (Lipinski definition) is 2. The summed E-state index contributed by atoms with van der Waals surface area (Å²) in [4.78, 5) is 11.9. The van der Waals surface area contributed by atoms with Crippen LogP contribution in [0.2, 0.25) is 0 Å². The number of methoxy groups -OCH3 is 1. The lowest BCUT2D eigenvalue weighted by atomic mass is 10.2. The summed E-state index contributed by atoms with van der Waals surface area (Å²) in [6.07, 6.45) is -0.510. The Bertz CT molecular complexity index is 433. The summed E-state index contributed by atoms with van der Waals surface area (Å²) < 4.78 is 10.5. The van der Waals surface area contributed by atoms with Gasteiger partial charge < -0.3 is 20.5 Å². The maximum atomic E-state index is 11.9. The number of carbonyl (C=O) groups is 1. The van der Waals surface area contributed by atoms with Gasteiger partial charge in [-0.1, -0.05) is 13.8 Å². The van der Waals surface area contributed by atoms with Crippen LogP contribution in [0.1, 0.15) is 20.8 Å².